The number of carboxylic acids is 2. The number of halogens is 3. The molecule has 3 rings (SSSR count). The van der Waals surface area contributed by atoms with E-state index in [9.17, 15) is 22.8 Å². The van der Waals surface area contributed by atoms with Gasteiger partial charge in [-0.25, -0.2) is 14.6 Å². The predicted octanol–water partition coefficient (Wildman–Crippen LogP) is 4.29. The van der Waals surface area contributed by atoms with E-state index in [1.165, 1.54) is 26.4 Å². The molecule has 13 heteroatoms. The molecule has 166 valence electrons. The van der Waals surface area contributed by atoms with Crippen molar-refractivity contribution in [2.75, 3.05) is 20.0 Å². The van der Waals surface area contributed by atoms with E-state index in [1.807, 2.05) is 0 Å². The van der Waals surface area contributed by atoms with Crippen molar-refractivity contribution >= 4 is 51.8 Å². The Bertz CT molecular complexity index is 1150. The normalized spacial score (nSPS) is 10.9. The molecule has 0 saturated heterocycles. The maximum absolute atomic E-state index is 12.5. The molecule has 1 aromatic heterocycles. The number of carbonyl (C=O) groups is 2. The summed E-state index contributed by atoms with van der Waals surface area (Å²) < 4.78 is 47.4. The van der Waals surface area contributed by atoms with Gasteiger partial charge in [-0.3, -0.25) is 0 Å². The quantitative estimate of drug-likeness (QED) is 0.324. The zero-order chi connectivity index (χ0) is 23.5. The van der Waals surface area contributed by atoms with E-state index in [0.29, 0.717) is 27.7 Å². The Morgan fingerprint density at radius 2 is 1.55 bits per heavy atom. The standard InChI is InChI=1S/C10H6F3NO3S.C8H9NO3S/c1-17-5-2-4(8(15)16)3-6-7(5)14-9(18-6)10(11,12)13;1-12-5-2-4(8(10)11)3-6(13)7(5)9/h2-3H,1H3,(H,15,16);2-3,13H,9H2,1H3,(H,10,11). The van der Waals surface area contributed by atoms with E-state index < -0.39 is 23.1 Å². The van der Waals surface area contributed by atoms with Gasteiger partial charge in [-0.1, -0.05) is 0 Å². The smallest absolute Gasteiger partial charge is 0.443 e. The van der Waals surface area contributed by atoms with E-state index in [4.69, 9.17) is 25.4 Å². The summed E-state index contributed by atoms with van der Waals surface area (Å²) in [4.78, 5) is 25.3. The highest BCUT2D eigenvalue weighted by Crippen LogP contribution is 2.38. The Labute approximate surface area is 182 Å². The van der Waals surface area contributed by atoms with Crippen molar-refractivity contribution in [2.24, 2.45) is 0 Å². The first-order valence-corrected chi connectivity index (χ1v) is 9.34. The molecule has 0 radical (unpaired) electrons. The Kier molecular flexibility index (Phi) is 7.23. The number of hydrogen-bond donors (Lipinski definition) is 4. The molecule has 0 fully saturated rings. The minimum atomic E-state index is -4.56. The van der Waals surface area contributed by atoms with Gasteiger partial charge in [-0.05, 0) is 24.3 Å². The van der Waals surface area contributed by atoms with Crippen molar-refractivity contribution in [1.82, 2.24) is 4.98 Å². The van der Waals surface area contributed by atoms with Gasteiger partial charge in [0.05, 0.1) is 35.7 Å². The number of benzene rings is 2. The number of aromatic carboxylic acids is 2. The third-order valence-electron chi connectivity index (χ3n) is 3.76. The van der Waals surface area contributed by atoms with Crippen LogP contribution in [-0.4, -0.2) is 41.4 Å². The molecule has 0 saturated carbocycles. The summed E-state index contributed by atoms with van der Waals surface area (Å²) in [6, 6.07) is 5.03. The first kappa shape index (κ1) is 24.1. The lowest BCUT2D eigenvalue weighted by Gasteiger charge is -2.07. The van der Waals surface area contributed by atoms with E-state index in [0.717, 1.165) is 12.1 Å². The number of nitrogens with two attached hydrogens (primary N) is 1. The number of anilines is 1. The van der Waals surface area contributed by atoms with Crippen LogP contribution >= 0.6 is 24.0 Å². The average Bonchev–Trinajstić information content (AvgIpc) is 3.14. The maximum Gasteiger partial charge on any atom is 0.443 e. The van der Waals surface area contributed by atoms with Crippen LogP contribution in [0.2, 0.25) is 0 Å². The number of thiol groups is 1. The minimum absolute atomic E-state index is 0.0108. The number of nitrogen functional groups attached to an aromatic ring is 1. The van der Waals surface area contributed by atoms with Crippen molar-refractivity contribution in [1.29, 1.82) is 0 Å². The summed E-state index contributed by atoms with van der Waals surface area (Å²) in [5.74, 6) is -1.94. The lowest BCUT2D eigenvalue weighted by molar-refractivity contribution is -0.137. The number of rotatable bonds is 4. The molecule has 1 heterocycles. The fraction of sp³-hybridized carbons (Fsp3) is 0.167. The van der Waals surface area contributed by atoms with Crippen LogP contribution in [0.5, 0.6) is 11.5 Å². The number of alkyl halides is 3. The molecular formula is C18H15F3N2O6S2. The molecule has 0 atom stereocenters. The third-order valence-corrected chi connectivity index (χ3v) is 5.17. The van der Waals surface area contributed by atoms with Crippen molar-refractivity contribution in [3.05, 3.63) is 40.4 Å². The summed E-state index contributed by atoms with van der Waals surface area (Å²) in [6.07, 6.45) is -4.56. The molecule has 3 aromatic rings. The second-order valence-corrected chi connectivity index (χ2v) is 7.28. The zero-order valence-corrected chi connectivity index (χ0v) is 17.6. The largest absolute Gasteiger partial charge is 0.495 e. The number of hydrogen-bond acceptors (Lipinski definition) is 8. The van der Waals surface area contributed by atoms with Crippen LogP contribution in [0.1, 0.15) is 25.7 Å². The highest BCUT2D eigenvalue weighted by Gasteiger charge is 2.35. The SMILES string of the molecule is COc1cc(C(=O)O)cc(S)c1N.COc1cc(C(=O)O)cc2sc(C(F)(F)F)nc12. The second kappa shape index (κ2) is 9.31. The molecule has 0 bridgehead atoms. The van der Waals surface area contributed by atoms with Gasteiger partial charge < -0.3 is 25.4 Å². The molecular weight excluding hydrogens is 461 g/mol. The first-order valence-electron chi connectivity index (χ1n) is 8.07. The fourth-order valence-electron chi connectivity index (χ4n) is 2.30. The Morgan fingerprint density at radius 1 is 1.03 bits per heavy atom. The number of fused-ring (bicyclic) bond motifs is 1. The monoisotopic (exact) mass is 476 g/mol. The average molecular weight is 476 g/mol. The minimum Gasteiger partial charge on any atom is -0.495 e. The summed E-state index contributed by atoms with van der Waals surface area (Å²) >= 11 is 4.40. The molecule has 0 aliphatic heterocycles. The van der Waals surface area contributed by atoms with E-state index >= 15 is 0 Å². The molecule has 0 unspecified atom stereocenters. The topological polar surface area (TPSA) is 132 Å². The Balaban J connectivity index is 0.000000233. The number of aromatic nitrogens is 1. The number of nitrogens with zero attached hydrogens (tertiary/aromatic N) is 1. The highest BCUT2D eigenvalue weighted by atomic mass is 32.1. The van der Waals surface area contributed by atoms with Crippen molar-refractivity contribution in [3.8, 4) is 11.5 Å². The molecule has 2 aromatic carbocycles. The second-order valence-electron chi connectivity index (χ2n) is 5.76. The molecule has 0 aliphatic rings. The lowest BCUT2D eigenvalue weighted by atomic mass is 10.2. The van der Waals surface area contributed by atoms with Crippen LogP contribution in [0.3, 0.4) is 0 Å². The van der Waals surface area contributed by atoms with Gasteiger partial charge in [-0.2, -0.15) is 13.2 Å². The molecule has 8 nitrogen and oxygen atoms in total. The van der Waals surface area contributed by atoms with Crippen molar-refractivity contribution in [2.45, 2.75) is 11.1 Å². The highest BCUT2D eigenvalue weighted by molar-refractivity contribution is 7.80. The molecule has 0 spiro atoms. The molecule has 0 aliphatic carbocycles. The maximum atomic E-state index is 12.5. The lowest BCUT2D eigenvalue weighted by Crippen LogP contribution is -2.03. The number of methoxy groups -OCH3 is 2. The first-order chi connectivity index (χ1) is 14.4. The predicted molar refractivity (Wildman–Crippen MR) is 110 cm³/mol. The number of thiazole rings is 1. The van der Waals surface area contributed by atoms with Gasteiger partial charge in [-0.15, -0.1) is 24.0 Å². The van der Waals surface area contributed by atoms with Crippen LogP contribution in [0.25, 0.3) is 10.2 Å². The zero-order valence-electron chi connectivity index (χ0n) is 15.9. The Hall–Kier alpha value is -3.19. The van der Waals surface area contributed by atoms with Crippen LogP contribution in [0.4, 0.5) is 18.9 Å². The molecule has 4 N–H and O–H groups in total. The summed E-state index contributed by atoms with van der Waals surface area (Å²) in [5, 5.41) is 16.5. The molecule has 31 heavy (non-hydrogen) atoms. The van der Waals surface area contributed by atoms with Gasteiger partial charge >= 0.3 is 18.1 Å². The summed E-state index contributed by atoms with van der Waals surface area (Å²) in [5.41, 5.74) is 5.89. The van der Waals surface area contributed by atoms with Gasteiger partial charge in [0.15, 0.2) is 5.01 Å². The van der Waals surface area contributed by atoms with Crippen LogP contribution in [-0.2, 0) is 6.18 Å². The third kappa shape index (κ3) is 5.49. The van der Waals surface area contributed by atoms with Gasteiger partial charge in [0.25, 0.3) is 0 Å². The summed E-state index contributed by atoms with van der Waals surface area (Å²) in [6.45, 7) is 0. The van der Waals surface area contributed by atoms with Crippen molar-refractivity contribution in [3.63, 3.8) is 0 Å². The van der Waals surface area contributed by atoms with Crippen LogP contribution < -0.4 is 15.2 Å². The van der Waals surface area contributed by atoms with E-state index in [2.05, 4.69) is 17.6 Å². The molecule has 0 amide bonds. The number of carboxylic acid groups (broad SMARTS) is 2. The van der Waals surface area contributed by atoms with Crippen molar-refractivity contribution < 1.29 is 42.4 Å². The fourth-order valence-corrected chi connectivity index (χ4v) is 3.44. The summed E-state index contributed by atoms with van der Waals surface area (Å²) in [7, 11) is 2.66. The van der Waals surface area contributed by atoms with Gasteiger partial charge in [0, 0.05) is 4.90 Å². The van der Waals surface area contributed by atoms with E-state index in [1.54, 1.807) is 0 Å². The van der Waals surface area contributed by atoms with E-state index in [-0.39, 0.29) is 27.1 Å². The Morgan fingerprint density at radius 3 is 2.03 bits per heavy atom. The van der Waals surface area contributed by atoms with Crippen LogP contribution in [0.15, 0.2) is 29.2 Å². The number of ether oxygens (including phenoxy) is 2. The van der Waals surface area contributed by atoms with Gasteiger partial charge in [0.1, 0.15) is 17.0 Å². The van der Waals surface area contributed by atoms with Crippen LogP contribution in [0, 0.1) is 0 Å². The van der Waals surface area contributed by atoms with Gasteiger partial charge in [0.2, 0.25) is 0 Å².